The summed E-state index contributed by atoms with van der Waals surface area (Å²) in [6.45, 7) is 3.44. The zero-order valence-corrected chi connectivity index (χ0v) is 16.0. The van der Waals surface area contributed by atoms with Gasteiger partial charge in [-0.05, 0) is 69.2 Å². The van der Waals surface area contributed by atoms with E-state index >= 15 is 0 Å². The second-order valence-corrected chi connectivity index (χ2v) is 7.65. The molecule has 144 valence electrons. The molecule has 1 aromatic rings. The monoisotopic (exact) mass is 380 g/mol. The highest BCUT2D eigenvalue weighted by molar-refractivity contribution is 5.96. The fourth-order valence-electron chi connectivity index (χ4n) is 4.23. The molecule has 1 amide bonds. The molecule has 5 nitrogen and oxygen atoms in total. The highest BCUT2D eigenvalue weighted by Gasteiger charge is 2.57. The molecular formula is C20H29ClN2O3. The van der Waals surface area contributed by atoms with Crippen LogP contribution >= 0.6 is 12.4 Å². The van der Waals surface area contributed by atoms with Crippen molar-refractivity contribution < 1.29 is 14.3 Å². The van der Waals surface area contributed by atoms with Gasteiger partial charge in [0.2, 0.25) is 5.91 Å². The molecule has 6 heteroatoms. The molecule has 2 atom stereocenters. The molecule has 3 aliphatic rings. The van der Waals surface area contributed by atoms with Gasteiger partial charge in [-0.25, -0.2) is 0 Å². The first-order valence-corrected chi connectivity index (χ1v) is 9.62. The third-order valence-corrected chi connectivity index (χ3v) is 5.95. The third kappa shape index (κ3) is 4.33. The van der Waals surface area contributed by atoms with Gasteiger partial charge in [0.15, 0.2) is 0 Å². The summed E-state index contributed by atoms with van der Waals surface area (Å²) in [4.78, 5) is 12.7. The molecule has 2 heterocycles. The summed E-state index contributed by atoms with van der Waals surface area (Å²) in [7, 11) is 0. The maximum atomic E-state index is 12.7. The topological polar surface area (TPSA) is 59.6 Å². The van der Waals surface area contributed by atoms with E-state index in [4.69, 9.17) is 9.47 Å². The summed E-state index contributed by atoms with van der Waals surface area (Å²) in [5.74, 6) is 1.04. The normalized spacial score (nSPS) is 26.6. The number of carbonyl (C=O) groups is 1. The van der Waals surface area contributed by atoms with Crippen molar-refractivity contribution in [1.29, 1.82) is 0 Å². The zero-order valence-electron chi connectivity index (χ0n) is 15.2. The van der Waals surface area contributed by atoms with E-state index in [1.807, 2.05) is 24.3 Å². The number of ether oxygens (including phenoxy) is 2. The first kappa shape index (κ1) is 19.5. The van der Waals surface area contributed by atoms with Gasteiger partial charge < -0.3 is 20.1 Å². The summed E-state index contributed by atoms with van der Waals surface area (Å²) >= 11 is 0. The predicted octanol–water partition coefficient (Wildman–Crippen LogP) is 3.38. The van der Waals surface area contributed by atoms with Crippen LogP contribution in [0.4, 0.5) is 5.69 Å². The lowest BCUT2D eigenvalue weighted by Gasteiger charge is -2.24. The Labute approximate surface area is 161 Å². The second-order valence-electron chi connectivity index (χ2n) is 7.65. The van der Waals surface area contributed by atoms with E-state index in [-0.39, 0.29) is 35.8 Å². The molecule has 1 saturated carbocycles. The zero-order chi connectivity index (χ0) is 17.1. The Morgan fingerprint density at radius 2 is 2.08 bits per heavy atom. The van der Waals surface area contributed by atoms with Gasteiger partial charge in [0.25, 0.3) is 0 Å². The number of carbonyl (C=O) groups excluding carboxylic acids is 1. The van der Waals surface area contributed by atoms with Crippen molar-refractivity contribution in [3.8, 4) is 5.75 Å². The molecule has 2 saturated heterocycles. The van der Waals surface area contributed by atoms with Crippen LogP contribution in [0.15, 0.2) is 24.3 Å². The first-order chi connectivity index (χ1) is 12.3. The van der Waals surface area contributed by atoms with Gasteiger partial charge in [0.05, 0.1) is 11.8 Å². The second kappa shape index (κ2) is 8.59. The lowest BCUT2D eigenvalue weighted by molar-refractivity contribution is -0.118. The predicted molar refractivity (Wildman–Crippen MR) is 104 cm³/mol. The largest absolute Gasteiger partial charge is 0.489 e. The van der Waals surface area contributed by atoms with Gasteiger partial charge in [-0.3, -0.25) is 4.79 Å². The summed E-state index contributed by atoms with van der Waals surface area (Å²) in [5, 5.41) is 6.49. The number of nitrogens with one attached hydrogen (secondary N) is 2. The Morgan fingerprint density at radius 1 is 1.27 bits per heavy atom. The highest BCUT2D eigenvalue weighted by atomic mass is 35.5. The highest BCUT2D eigenvalue weighted by Crippen LogP contribution is 2.58. The first-order valence-electron chi connectivity index (χ1n) is 9.62. The molecule has 1 aromatic carbocycles. The molecule has 26 heavy (non-hydrogen) atoms. The number of halogens is 1. The molecule has 3 fully saturated rings. The van der Waals surface area contributed by atoms with Crippen molar-refractivity contribution in [3.05, 3.63) is 24.3 Å². The summed E-state index contributed by atoms with van der Waals surface area (Å²) in [6.07, 6.45) is 6.81. The molecule has 1 aliphatic carbocycles. The van der Waals surface area contributed by atoms with Crippen LogP contribution in [0.5, 0.6) is 5.75 Å². The molecule has 2 aliphatic heterocycles. The van der Waals surface area contributed by atoms with Gasteiger partial charge in [-0.1, -0.05) is 12.1 Å². The number of piperidine rings is 1. The smallest absolute Gasteiger partial charge is 0.228 e. The summed E-state index contributed by atoms with van der Waals surface area (Å²) < 4.78 is 11.7. The molecule has 4 rings (SSSR count). The Kier molecular flexibility index (Phi) is 6.43. The van der Waals surface area contributed by atoms with Gasteiger partial charge >= 0.3 is 0 Å². The molecule has 0 radical (unpaired) electrons. The van der Waals surface area contributed by atoms with Crippen LogP contribution in [0.25, 0.3) is 0 Å². The van der Waals surface area contributed by atoms with E-state index < -0.39 is 0 Å². The summed E-state index contributed by atoms with van der Waals surface area (Å²) in [5.41, 5.74) is 1.03. The van der Waals surface area contributed by atoms with Gasteiger partial charge in [-0.15, -0.1) is 12.4 Å². The van der Waals surface area contributed by atoms with Crippen LogP contribution in [-0.4, -0.2) is 38.3 Å². The van der Waals surface area contributed by atoms with Crippen molar-refractivity contribution in [2.75, 3.05) is 31.6 Å². The van der Waals surface area contributed by atoms with Gasteiger partial charge in [-0.2, -0.15) is 0 Å². The van der Waals surface area contributed by atoms with E-state index in [0.29, 0.717) is 6.61 Å². The van der Waals surface area contributed by atoms with E-state index in [1.165, 1.54) is 6.42 Å². The van der Waals surface area contributed by atoms with E-state index in [0.717, 1.165) is 63.2 Å². The Hall–Kier alpha value is -1.30. The van der Waals surface area contributed by atoms with E-state index in [2.05, 4.69) is 10.6 Å². The lowest BCUT2D eigenvalue weighted by Crippen LogP contribution is -2.31. The molecule has 1 spiro atoms. The number of hydrogen-bond donors (Lipinski definition) is 2. The number of para-hydroxylation sites is 2. The molecule has 2 N–H and O–H groups in total. The number of hydrogen-bond acceptors (Lipinski definition) is 4. The average molecular weight is 381 g/mol. The van der Waals surface area contributed by atoms with Crippen LogP contribution in [0.3, 0.4) is 0 Å². The fourth-order valence-corrected chi connectivity index (χ4v) is 4.23. The molecule has 2 unspecified atom stereocenters. The van der Waals surface area contributed by atoms with Crippen molar-refractivity contribution in [2.45, 2.75) is 44.6 Å². The quantitative estimate of drug-likeness (QED) is 0.822. The lowest BCUT2D eigenvalue weighted by atomic mass is 9.92. The van der Waals surface area contributed by atoms with Crippen LogP contribution in [-0.2, 0) is 9.53 Å². The summed E-state index contributed by atoms with van der Waals surface area (Å²) in [6, 6.07) is 7.73. The minimum Gasteiger partial charge on any atom is -0.489 e. The van der Waals surface area contributed by atoms with Crippen LogP contribution in [0.1, 0.15) is 38.5 Å². The maximum absolute atomic E-state index is 12.7. The van der Waals surface area contributed by atoms with Crippen molar-refractivity contribution in [2.24, 2.45) is 11.3 Å². The minimum atomic E-state index is 0. The van der Waals surface area contributed by atoms with E-state index in [1.54, 1.807) is 0 Å². The maximum Gasteiger partial charge on any atom is 0.228 e. The SMILES string of the molecule is Cl.O=C(Nc1ccccc1OCC1CCCCO1)C1CC12CCNCC2. The molecule has 0 aromatic heterocycles. The number of rotatable bonds is 5. The van der Waals surface area contributed by atoms with Crippen LogP contribution in [0.2, 0.25) is 0 Å². The van der Waals surface area contributed by atoms with E-state index in [9.17, 15) is 4.79 Å². The fraction of sp³-hybridized carbons (Fsp3) is 0.650. The Morgan fingerprint density at radius 3 is 2.85 bits per heavy atom. The van der Waals surface area contributed by atoms with Gasteiger partial charge in [0, 0.05) is 12.5 Å². The minimum absolute atomic E-state index is 0. The standard InChI is InChI=1S/C20H28N2O3.ClH/c23-19(16-13-20(16)8-10-21-11-9-20)22-17-6-1-2-7-18(17)25-14-15-5-3-4-12-24-15;/h1-2,6-7,15-16,21H,3-5,8-14H2,(H,22,23);1H. The molecular weight excluding hydrogens is 352 g/mol. The molecule has 0 bridgehead atoms. The van der Waals surface area contributed by atoms with Crippen molar-refractivity contribution in [3.63, 3.8) is 0 Å². The number of anilines is 1. The number of benzene rings is 1. The third-order valence-electron chi connectivity index (χ3n) is 5.95. The van der Waals surface area contributed by atoms with Crippen LogP contribution in [0, 0.1) is 11.3 Å². The Bertz CT molecular complexity index is 613. The van der Waals surface area contributed by atoms with Crippen LogP contribution < -0.4 is 15.4 Å². The Balaban J connectivity index is 0.00000196. The average Bonchev–Trinajstić information content (AvgIpc) is 3.35. The number of amides is 1. The van der Waals surface area contributed by atoms with Crippen molar-refractivity contribution in [1.82, 2.24) is 5.32 Å². The van der Waals surface area contributed by atoms with Crippen molar-refractivity contribution >= 4 is 24.0 Å². The van der Waals surface area contributed by atoms with Gasteiger partial charge in [0.1, 0.15) is 12.4 Å².